The molecule has 1 N–H and O–H groups in total. The lowest BCUT2D eigenvalue weighted by Gasteiger charge is -2.41. The molecule has 4 saturated heterocycles. The zero-order valence-corrected chi connectivity index (χ0v) is 23.0. The molecule has 37 heavy (non-hydrogen) atoms. The Balaban J connectivity index is 1.65. The molecule has 4 fully saturated rings. The van der Waals surface area contributed by atoms with Crippen LogP contribution < -0.4 is 0 Å². The van der Waals surface area contributed by atoms with Crippen molar-refractivity contribution < 1.29 is 24.2 Å². The number of ether oxygens (including phenoxy) is 1. The van der Waals surface area contributed by atoms with Gasteiger partial charge in [-0.15, -0.1) is 24.9 Å². The van der Waals surface area contributed by atoms with E-state index in [0.29, 0.717) is 45.8 Å². The molecule has 10 heteroatoms. The molecule has 2 bridgehead atoms. The van der Waals surface area contributed by atoms with Crippen LogP contribution in [0.15, 0.2) is 25.3 Å². The number of likely N-dealkylation sites (tertiary alicyclic amines) is 1. The molecular weight excluding hydrogens is 492 g/mol. The number of fused-ring (bicyclic) bond motifs is 1. The number of morpholine rings is 1. The summed E-state index contributed by atoms with van der Waals surface area (Å²) in [7, 11) is 1.75. The fourth-order valence-electron chi connectivity index (χ4n) is 6.81. The number of hydrogen-bond donors (Lipinski definition) is 1. The normalized spacial score (nSPS) is 32.9. The van der Waals surface area contributed by atoms with Crippen molar-refractivity contribution in [2.75, 3.05) is 72.7 Å². The molecule has 3 unspecified atom stereocenters. The van der Waals surface area contributed by atoms with Crippen LogP contribution >= 0.6 is 11.8 Å². The lowest BCUT2D eigenvalue weighted by molar-refractivity contribution is -0.144. The van der Waals surface area contributed by atoms with Crippen LogP contribution in [0.3, 0.4) is 0 Å². The van der Waals surface area contributed by atoms with Gasteiger partial charge >= 0.3 is 0 Å². The largest absolute Gasteiger partial charge is 0.396 e. The number of aliphatic hydroxyl groups is 1. The summed E-state index contributed by atoms with van der Waals surface area (Å²) in [5.41, 5.74) is 0. The van der Waals surface area contributed by atoms with E-state index < -0.39 is 22.6 Å². The molecule has 0 aromatic carbocycles. The molecule has 6 atom stereocenters. The standard InChI is InChI=1S/C27H42N4O5S/c1-5-8-28(4)24(33)21-20-18-19(3)27(37-20)22(21)25(34)31(10-7-15-32)23(27)26(35)30(9-6-2)12-11-29-13-16-36-17-14-29/h5-6,19-23,32H,1-2,7-18H2,3-4H3/t19?,20-,21+,22-,23?,27?/m0/s1. The summed E-state index contributed by atoms with van der Waals surface area (Å²) in [5, 5.41) is 9.59. The minimum atomic E-state index is -0.659. The summed E-state index contributed by atoms with van der Waals surface area (Å²) >= 11 is 1.69. The van der Waals surface area contributed by atoms with Gasteiger partial charge in [0.25, 0.3) is 0 Å². The number of rotatable bonds is 12. The second-order valence-electron chi connectivity index (χ2n) is 10.7. The third kappa shape index (κ3) is 4.97. The molecule has 3 amide bonds. The third-order valence-electron chi connectivity index (χ3n) is 8.55. The van der Waals surface area contributed by atoms with Gasteiger partial charge in [-0.25, -0.2) is 0 Å². The Morgan fingerprint density at radius 2 is 1.89 bits per heavy atom. The monoisotopic (exact) mass is 534 g/mol. The third-order valence-corrected chi connectivity index (χ3v) is 10.6. The molecule has 4 heterocycles. The predicted octanol–water partition coefficient (Wildman–Crippen LogP) is 0.697. The number of aliphatic hydroxyl groups excluding tert-OH is 1. The Labute approximate surface area is 224 Å². The number of amides is 3. The van der Waals surface area contributed by atoms with E-state index in [1.165, 1.54) is 0 Å². The molecular formula is C27H42N4O5S. The van der Waals surface area contributed by atoms with Gasteiger partial charge in [-0.2, -0.15) is 0 Å². The first-order chi connectivity index (χ1) is 17.8. The van der Waals surface area contributed by atoms with Crippen molar-refractivity contribution in [1.29, 1.82) is 0 Å². The van der Waals surface area contributed by atoms with E-state index in [0.717, 1.165) is 26.1 Å². The van der Waals surface area contributed by atoms with E-state index in [1.807, 2.05) is 4.90 Å². The maximum Gasteiger partial charge on any atom is 0.247 e. The average Bonchev–Trinajstić information content (AvgIpc) is 3.48. The number of hydrogen-bond acceptors (Lipinski definition) is 7. The van der Waals surface area contributed by atoms with Gasteiger partial charge in [-0.3, -0.25) is 19.3 Å². The quantitative estimate of drug-likeness (QED) is 0.369. The van der Waals surface area contributed by atoms with Crippen LogP contribution in [0.2, 0.25) is 0 Å². The van der Waals surface area contributed by atoms with Crippen molar-refractivity contribution in [2.45, 2.75) is 35.8 Å². The van der Waals surface area contributed by atoms with E-state index in [9.17, 15) is 19.5 Å². The van der Waals surface area contributed by atoms with Gasteiger partial charge in [0.15, 0.2) is 0 Å². The molecule has 0 radical (unpaired) electrons. The highest BCUT2D eigenvalue weighted by molar-refractivity contribution is 8.02. The summed E-state index contributed by atoms with van der Waals surface area (Å²) < 4.78 is 4.81. The predicted molar refractivity (Wildman–Crippen MR) is 144 cm³/mol. The Hall–Kier alpha value is -1.88. The van der Waals surface area contributed by atoms with E-state index in [-0.39, 0.29) is 35.5 Å². The van der Waals surface area contributed by atoms with Gasteiger partial charge in [-0.05, 0) is 18.8 Å². The maximum absolute atomic E-state index is 14.4. The van der Waals surface area contributed by atoms with Crippen molar-refractivity contribution in [3.8, 4) is 0 Å². The van der Waals surface area contributed by atoms with Gasteiger partial charge in [0.1, 0.15) is 6.04 Å². The van der Waals surface area contributed by atoms with Crippen LogP contribution in [-0.4, -0.2) is 131 Å². The minimum Gasteiger partial charge on any atom is -0.396 e. The van der Waals surface area contributed by atoms with Gasteiger partial charge < -0.3 is 24.5 Å². The highest BCUT2D eigenvalue weighted by Gasteiger charge is 2.76. The fourth-order valence-corrected chi connectivity index (χ4v) is 9.22. The van der Waals surface area contributed by atoms with E-state index in [4.69, 9.17) is 4.74 Å². The van der Waals surface area contributed by atoms with E-state index >= 15 is 0 Å². The fraction of sp³-hybridized carbons (Fsp3) is 0.741. The lowest BCUT2D eigenvalue weighted by Crippen LogP contribution is -2.58. The van der Waals surface area contributed by atoms with Gasteiger partial charge in [0.05, 0.1) is 29.8 Å². The average molecular weight is 535 g/mol. The Morgan fingerprint density at radius 1 is 1.19 bits per heavy atom. The zero-order valence-electron chi connectivity index (χ0n) is 22.2. The van der Waals surface area contributed by atoms with Gasteiger partial charge in [0.2, 0.25) is 17.7 Å². The zero-order chi connectivity index (χ0) is 26.7. The second-order valence-corrected chi connectivity index (χ2v) is 12.2. The minimum absolute atomic E-state index is 0.0141. The maximum atomic E-state index is 14.4. The van der Waals surface area contributed by atoms with Crippen molar-refractivity contribution >= 4 is 29.5 Å². The Bertz CT molecular complexity index is 896. The molecule has 4 rings (SSSR count). The number of likely N-dealkylation sites (N-methyl/N-ethyl adjacent to an activating group) is 1. The van der Waals surface area contributed by atoms with Gasteiger partial charge in [0, 0.05) is 64.7 Å². The molecule has 4 aliphatic rings. The summed E-state index contributed by atoms with van der Waals surface area (Å²) in [5.74, 6) is -1.11. The number of thioether (sulfide) groups is 1. The van der Waals surface area contributed by atoms with Crippen molar-refractivity contribution in [1.82, 2.24) is 19.6 Å². The number of carbonyl (C=O) groups is 3. The molecule has 4 aliphatic heterocycles. The van der Waals surface area contributed by atoms with Gasteiger partial charge in [-0.1, -0.05) is 19.1 Å². The summed E-state index contributed by atoms with van der Waals surface area (Å²) in [6.07, 6.45) is 4.62. The van der Waals surface area contributed by atoms with Crippen LogP contribution in [0.1, 0.15) is 19.8 Å². The first-order valence-corrected chi connectivity index (χ1v) is 14.3. The first kappa shape index (κ1) is 28.1. The van der Waals surface area contributed by atoms with Crippen LogP contribution in [-0.2, 0) is 19.1 Å². The molecule has 0 saturated carbocycles. The highest BCUT2D eigenvalue weighted by atomic mass is 32.2. The second kappa shape index (κ2) is 11.9. The SMILES string of the molecule is C=CCN(C)C(=O)[C@@H]1[C@@H]2CC(C)C3(S2)C(C(=O)N(CC=C)CCN2CCOCC2)N(CCCO)C(=O)[C@H]13. The highest BCUT2D eigenvalue weighted by Crippen LogP contribution is 2.68. The van der Waals surface area contributed by atoms with E-state index in [1.54, 1.807) is 40.8 Å². The van der Waals surface area contributed by atoms with Crippen LogP contribution in [0.4, 0.5) is 0 Å². The summed E-state index contributed by atoms with van der Waals surface area (Å²) in [4.78, 5) is 49.4. The number of carbonyl (C=O) groups excluding carboxylic acids is 3. The molecule has 0 aromatic rings. The summed E-state index contributed by atoms with van der Waals surface area (Å²) in [6.45, 7) is 15.1. The van der Waals surface area contributed by atoms with Crippen LogP contribution in [0.25, 0.3) is 0 Å². The lowest BCUT2D eigenvalue weighted by atomic mass is 9.65. The van der Waals surface area contributed by atoms with Crippen molar-refractivity contribution in [3.05, 3.63) is 25.3 Å². The van der Waals surface area contributed by atoms with E-state index in [2.05, 4.69) is 25.0 Å². The molecule has 1 spiro atoms. The molecule has 9 nitrogen and oxygen atoms in total. The Kier molecular flexibility index (Phi) is 9.04. The number of nitrogens with zero attached hydrogens (tertiary/aromatic N) is 4. The van der Waals surface area contributed by atoms with Crippen LogP contribution in [0.5, 0.6) is 0 Å². The Morgan fingerprint density at radius 3 is 2.54 bits per heavy atom. The first-order valence-electron chi connectivity index (χ1n) is 13.5. The molecule has 0 aromatic heterocycles. The van der Waals surface area contributed by atoms with Crippen molar-refractivity contribution in [3.63, 3.8) is 0 Å². The topological polar surface area (TPSA) is 93.6 Å². The summed E-state index contributed by atoms with van der Waals surface area (Å²) in [6, 6.07) is -0.659. The van der Waals surface area contributed by atoms with Crippen molar-refractivity contribution in [2.24, 2.45) is 17.8 Å². The molecule has 206 valence electrons. The smallest absolute Gasteiger partial charge is 0.247 e. The molecule has 0 aliphatic carbocycles. The van der Waals surface area contributed by atoms with Crippen LogP contribution in [0, 0.1) is 17.8 Å².